The van der Waals surface area contributed by atoms with E-state index in [1.54, 1.807) is 6.92 Å². The van der Waals surface area contributed by atoms with Crippen LogP contribution in [0.2, 0.25) is 0 Å². The summed E-state index contributed by atoms with van der Waals surface area (Å²) in [6.45, 7) is 9.94. The van der Waals surface area contributed by atoms with E-state index in [-0.39, 0.29) is 25.7 Å². The second-order valence-electron chi connectivity index (χ2n) is 5.87. The van der Waals surface area contributed by atoms with Crippen molar-refractivity contribution < 1.29 is 28.6 Å². The molecule has 0 aromatic heterocycles. The van der Waals surface area contributed by atoms with Crippen LogP contribution in [0.4, 0.5) is 4.79 Å². The van der Waals surface area contributed by atoms with E-state index >= 15 is 0 Å². The van der Waals surface area contributed by atoms with Crippen LogP contribution in [0.1, 0.15) is 46.5 Å². The molecule has 0 unspecified atom stereocenters. The summed E-state index contributed by atoms with van der Waals surface area (Å²) in [5, 5.41) is 2.47. The van der Waals surface area contributed by atoms with E-state index < -0.39 is 12.1 Å². The van der Waals surface area contributed by atoms with Crippen molar-refractivity contribution in [1.82, 2.24) is 5.32 Å². The molecular weight excluding hydrogens is 314 g/mol. The standard InChI is InChI=1S/C17H29NO6/c1-13(2)12-24-15(19)8-6-5-7-10-23-17(21)18-9-11-22-16(20)14(3)4/h13H,3,5-12H2,1-2,4H3,(H,18,21). The third-order valence-corrected chi connectivity index (χ3v) is 2.79. The Labute approximate surface area is 143 Å². The molecule has 0 radical (unpaired) electrons. The number of unbranched alkanes of at least 4 members (excludes halogenated alkanes) is 2. The number of rotatable bonds is 12. The molecule has 0 heterocycles. The predicted molar refractivity (Wildman–Crippen MR) is 89.4 cm³/mol. The fourth-order valence-electron chi connectivity index (χ4n) is 1.52. The van der Waals surface area contributed by atoms with Gasteiger partial charge in [0, 0.05) is 12.0 Å². The van der Waals surface area contributed by atoms with E-state index in [9.17, 15) is 14.4 Å². The molecule has 0 aliphatic rings. The summed E-state index contributed by atoms with van der Waals surface area (Å²) < 4.78 is 14.8. The molecule has 1 N–H and O–H groups in total. The number of nitrogens with one attached hydrogen (secondary N) is 1. The normalized spacial score (nSPS) is 10.2. The molecule has 0 bridgehead atoms. The van der Waals surface area contributed by atoms with Crippen molar-refractivity contribution in [1.29, 1.82) is 0 Å². The first-order valence-electron chi connectivity index (χ1n) is 8.21. The molecule has 0 rings (SSSR count). The summed E-state index contributed by atoms with van der Waals surface area (Å²) in [4.78, 5) is 33.8. The molecule has 0 aromatic carbocycles. The quantitative estimate of drug-likeness (QED) is 0.253. The average Bonchev–Trinajstić information content (AvgIpc) is 2.52. The number of ether oxygens (including phenoxy) is 3. The topological polar surface area (TPSA) is 90.9 Å². The Morgan fingerprint density at radius 1 is 1.00 bits per heavy atom. The smallest absolute Gasteiger partial charge is 0.407 e. The minimum absolute atomic E-state index is 0.0687. The van der Waals surface area contributed by atoms with Gasteiger partial charge < -0.3 is 19.5 Å². The van der Waals surface area contributed by atoms with Crippen LogP contribution < -0.4 is 5.32 Å². The third kappa shape index (κ3) is 13.6. The van der Waals surface area contributed by atoms with Gasteiger partial charge in [-0.25, -0.2) is 9.59 Å². The van der Waals surface area contributed by atoms with Crippen molar-refractivity contribution in [3.63, 3.8) is 0 Å². The van der Waals surface area contributed by atoms with Gasteiger partial charge in [-0.2, -0.15) is 0 Å². The Hall–Kier alpha value is -2.05. The fourth-order valence-corrected chi connectivity index (χ4v) is 1.52. The number of carbonyl (C=O) groups excluding carboxylic acids is 3. The largest absolute Gasteiger partial charge is 0.465 e. The van der Waals surface area contributed by atoms with Gasteiger partial charge in [-0.3, -0.25) is 4.79 Å². The minimum Gasteiger partial charge on any atom is -0.465 e. The van der Waals surface area contributed by atoms with Crippen molar-refractivity contribution >= 4 is 18.0 Å². The highest BCUT2D eigenvalue weighted by atomic mass is 16.6. The lowest BCUT2D eigenvalue weighted by Gasteiger charge is -2.08. The predicted octanol–water partition coefficient (Wildman–Crippen LogP) is 2.59. The molecule has 7 heteroatoms. The minimum atomic E-state index is -0.558. The molecule has 0 saturated carbocycles. The molecule has 0 saturated heterocycles. The summed E-state index contributed by atoms with van der Waals surface area (Å²) >= 11 is 0. The summed E-state index contributed by atoms with van der Waals surface area (Å²) in [6.07, 6.45) is 1.99. The van der Waals surface area contributed by atoms with Crippen LogP contribution in [0.15, 0.2) is 12.2 Å². The number of alkyl carbamates (subject to hydrolysis) is 1. The van der Waals surface area contributed by atoms with Gasteiger partial charge in [0.2, 0.25) is 0 Å². The highest BCUT2D eigenvalue weighted by Crippen LogP contribution is 2.03. The van der Waals surface area contributed by atoms with Crippen LogP contribution in [0, 0.1) is 5.92 Å². The van der Waals surface area contributed by atoms with Crippen molar-refractivity contribution in [3.8, 4) is 0 Å². The zero-order valence-corrected chi connectivity index (χ0v) is 14.9. The maximum atomic E-state index is 11.4. The number of esters is 2. The van der Waals surface area contributed by atoms with Crippen LogP contribution in [0.3, 0.4) is 0 Å². The summed E-state index contributed by atoms with van der Waals surface area (Å²) in [5.41, 5.74) is 0.311. The van der Waals surface area contributed by atoms with Crippen LogP contribution in [0.5, 0.6) is 0 Å². The fraction of sp³-hybridized carbons (Fsp3) is 0.706. The summed E-state index contributed by atoms with van der Waals surface area (Å²) in [7, 11) is 0. The van der Waals surface area contributed by atoms with Crippen molar-refractivity contribution in [2.24, 2.45) is 5.92 Å². The molecule has 24 heavy (non-hydrogen) atoms. The molecule has 0 spiro atoms. The van der Waals surface area contributed by atoms with Gasteiger partial charge in [0.25, 0.3) is 0 Å². The molecule has 0 atom stereocenters. The van der Waals surface area contributed by atoms with Crippen LogP contribution >= 0.6 is 0 Å². The molecule has 0 aliphatic heterocycles. The maximum Gasteiger partial charge on any atom is 0.407 e. The number of hydrogen-bond acceptors (Lipinski definition) is 6. The highest BCUT2D eigenvalue weighted by molar-refractivity contribution is 5.86. The Kier molecular flexibility index (Phi) is 12.3. The van der Waals surface area contributed by atoms with Crippen molar-refractivity contribution in [2.75, 3.05) is 26.4 Å². The third-order valence-electron chi connectivity index (χ3n) is 2.79. The molecular formula is C17H29NO6. The first kappa shape index (κ1) is 21.9. The van der Waals surface area contributed by atoms with E-state index in [2.05, 4.69) is 11.9 Å². The average molecular weight is 343 g/mol. The Balaban J connectivity index is 3.45. The molecule has 0 fully saturated rings. The molecule has 7 nitrogen and oxygen atoms in total. The zero-order chi connectivity index (χ0) is 18.4. The van der Waals surface area contributed by atoms with Gasteiger partial charge in [-0.1, -0.05) is 20.4 Å². The van der Waals surface area contributed by atoms with Gasteiger partial charge in [0.1, 0.15) is 6.61 Å². The second kappa shape index (κ2) is 13.4. The summed E-state index contributed by atoms with van der Waals surface area (Å²) in [5.74, 6) is -0.339. The Bertz CT molecular complexity index is 419. The van der Waals surface area contributed by atoms with E-state index in [4.69, 9.17) is 14.2 Å². The van der Waals surface area contributed by atoms with Gasteiger partial charge in [0.05, 0.1) is 19.8 Å². The second-order valence-corrected chi connectivity index (χ2v) is 5.87. The SMILES string of the molecule is C=C(C)C(=O)OCCNC(=O)OCCCCCC(=O)OCC(C)C. The first-order valence-corrected chi connectivity index (χ1v) is 8.21. The van der Waals surface area contributed by atoms with E-state index in [1.165, 1.54) is 0 Å². The molecule has 0 aromatic rings. The van der Waals surface area contributed by atoms with Gasteiger partial charge in [-0.05, 0) is 32.1 Å². The van der Waals surface area contributed by atoms with E-state index in [0.29, 0.717) is 37.4 Å². The molecule has 1 amide bonds. The van der Waals surface area contributed by atoms with Gasteiger partial charge in [0.15, 0.2) is 0 Å². The lowest BCUT2D eigenvalue weighted by Crippen LogP contribution is -2.29. The Morgan fingerprint density at radius 2 is 1.71 bits per heavy atom. The highest BCUT2D eigenvalue weighted by Gasteiger charge is 2.06. The van der Waals surface area contributed by atoms with Crippen molar-refractivity contribution in [2.45, 2.75) is 46.5 Å². The number of hydrogen-bond donors (Lipinski definition) is 1. The number of carbonyl (C=O) groups is 3. The van der Waals surface area contributed by atoms with Crippen LogP contribution in [-0.4, -0.2) is 44.4 Å². The van der Waals surface area contributed by atoms with Gasteiger partial charge >= 0.3 is 18.0 Å². The van der Waals surface area contributed by atoms with Crippen LogP contribution in [-0.2, 0) is 23.8 Å². The van der Waals surface area contributed by atoms with E-state index in [1.807, 2.05) is 13.8 Å². The van der Waals surface area contributed by atoms with E-state index in [0.717, 1.165) is 6.42 Å². The van der Waals surface area contributed by atoms with Crippen LogP contribution in [0.25, 0.3) is 0 Å². The summed E-state index contributed by atoms with van der Waals surface area (Å²) in [6, 6.07) is 0. The molecule has 138 valence electrons. The lowest BCUT2D eigenvalue weighted by atomic mass is 10.2. The number of amides is 1. The first-order chi connectivity index (χ1) is 11.3. The maximum absolute atomic E-state index is 11.4. The van der Waals surface area contributed by atoms with Gasteiger partial charge in [-0.15, -0.1) is 0 Å². The zero-order valence-electron chi connectivity index (χ0n) is 14.9. The monoisotopic (exact) mass is 343 g/mol. The molecule has 0 aliphatic carbocycles. The van der Waals surface area contributed by atoms with Crippen molar-refractivity contribution in [3.05, 3.63) is 12.2 Å². The lowest BCUT2D eigenvalue weighted by molar-refractivity contribution is -0.145. The Morgan fingerprint density at radius 3 is 2.33 bits per heavy atom.